The Morgan fingerprint density at radius 1 is 1.06 bits per heavy atom. The van der Waals surface area contributed by atoms with E-state index in [9.17, 15) is 26.0 Å². The molecule has 0 radical (unpaired) electrons. The highest BCUT2D eigenvalue weighted by molar-refractivity contribution is 7.92. The number of aromatic nitrogens is 3. The Morgan fingerprint density at radius 2 is 1.81 bits per heavy atom. The molecule has 0 saturated carbocycles. The number of fused-ring (bicyclic) bond motifs is 1. The second kappa shape index (κ2) is 7.64. The summed E-state index contributed by atoms with van der Waals surface area (Å²) < 4.78 is 82.2. The van der Waals surface area contributed by atoms with Crippen molar-refractivity contribution in [2.75, 3.05) is 10.5 Å². The van der Waals surface area contributed by atoms with Gasteiger partial charge in [0.25, 0.3) is 10.0 Å². The summed E-state index contributed by atoms with van der Waals surface area (Å²) in [5, 5.41) is 3.57. The van der Waals surface area contributed by atoms with E-state index >= 15 is 0 Å². The van der Waals surface area contributed by atoms with Crippen LogP contribution in [0.5, 0.6) is 0 Å². The van der Waals surface area contributed by atoms with Crippen molar-refractivity contribution in [2.45, 2.75) is 11.1 Å². The van der Waals surface area contributed by atoms with Gasteiger partial charge in [0.2, 0.25) is 0 Å². The first-order chi connectivity index (χ1) is 15.0. The van der Waals surface area contributed by atoms with Crippen LogP contribution in [-0.2, 0) is 16.2 Å². The van der Waals surface area contributed by atoms with Gasteiger partial charge in [-0.3, -0.25) is 4.72 Å². The summed E-state index contributed by atoms with van der Waals surface area (Å²) in [6, 6.07) is 6.83. The lowest BCUT2D eigenvalue weighted by molar-refractivity contribution is -0.137. The smallest absolute Gasteiger partial charge is 0.383 e. The Hall–Kier alpha value is -3.38. The monoisotopic (exact) mass is 485 g/mol. The topological polar surface area (TPSA) is 102 Å². The van der Waals surface area contributed by atoms with Crippen LogP contribution in [0.1, 0.15) is 5.56 Å². The molecule has 2 aromatic heterocycles. The zero-order valence-electron chi connectivity index (χ0n) is 15.7. The molecule has 0 amide bonds. The number of nitrogens with two attached hydrogens (primary N) is 1. The van der Waals surface area contributed by atoms with E-state index in [1.54, 1.807) is 6.07 Å². The highest BCUT2D eigenvalue weighted by atomic mass is 35.5. The average molecular weight is 486 g/mol. The first-order valence-corrected chi connectivity index (χ1v) is 10.6. The van der Waals surface area contributed by atoms with E-state index in [1.165, 1.54) is 29.0 Å². The molecule has 166 valence electrons. The molecule has 3 N–H and O–H groups in total. The number of nitrogens with zero attached hydrogens (tertiary/aromatic N) is 3. The fraction of sp³-hybridized carbons (Fsp3) is 0.0526. The van der Waals surface area contributed by atoms with Gasteiger partial charge in [-0.1, -0.05) is 11.6 Å². The first kappa shape index (κ1) is 21.8. The first-order valence-electron chi connectivity index (χ1n) is 8.75. The predicted octanol–water partition coefficient (Wildman–Crippen LogP) is 4.59. The number of alkyl halides is 3. The predicted molar refractivity (Wildman–Crippen MR) is 110 cm³/mol. The minimum Gasteiger partial charge on any atom is -0.383 e. The lowest BCUT2D eigenvalue weighted by atomic mass is 10.1. The van der Waals surface area contributed by atoms with Gasteiger partial charge in [-0.05, 0) is 36.4 Å². The summed E-state index contributed by atoms with van der Waals surface area (Å²) in [6.45, 7) is 0. The maximum Gasteiger partial charge on any atom is 0.416 e. The summed E-state index contributed by atoms with van der Waals surface area (Å²) >= 11 is 5.80. The van der Waals surface area contributed by atoms with Gasteiger partial charge >= 0.3 is 6.18 Å². The number of anilines is 2. The van der Waals surface area contributed by atoms with Gasteiger partial charge in [-0.25, -0.2) is 17.8 Å². The van der Waals surface area contributed by atoms with Gasteiger partial charge in [0.1, 0.15) is 16.5 Å². The molecule has 0 aliphatic rings. The third kappa shape index (κ3) is 3.94. The highest BCUT2D eigenvalue weighted by Crippen LogP contribution is 2.35. The molecule has 2 heterocycles. The molecule has 0 unspecified atom stereocenters. The molecule has 0 aliphatic carbocycles. The maximum atomic E-state index is 14.8. The number of sulfonamides is 1. The van der Waals surface area contributed by atoms with Crippen molar-refractivity contribution >= 4 is 38.8 Å². The van der Waals surface area contributed by atoms with Gasteiger partial charge in [0, 0.05) is 23.4 Å². The average Bonchev–Trinajstić information content (AvgIpc) is 3.18. The Morgan fingerprint density at radius 3 is 2.50 bits per heavy atom. The molecule has 32 heavy (non-hydrogen) atoms. The molecular formula is C19H12ClF4N5O2S. The molecule has 4 aromatic rings. The SMILES string of the molecule is Nc1c(-c2ccc(NS(=O)(=O)c3cc(C(F)(F)F)ccc3Cl)cc2F)cnc2ccnn12. The Labute approximate surface area is 183 Å². The van der Waals surface area contributed by atoms with Crippen molar-refractivity contribution in [3.8, 4) is 11.1 Å². The van der Waals surface area contributed by atoms with Crippen LogP contribution in [-0.4, -0.2) is 23.0 Å². The number of benzene rings is 2. The second-order valence-electron chi connectivity index (χ2n) is 6.60. The number of halogens is 5. The molecule has 13 heteroatoms. The fourth-order valence-electron chi connectivity index (χ4n) is 2.99. The van der Waals surface area contributed by atoms with Gasteiger partial charge in [0.05, 0.1) is 22.5 Å². The number of hydrogen-bond acceptors (Lipinski definition) is 5. The number of nitrogen functional groups attached to an aromatic ring is 1. The number of nitrogens with one attached hydrogen (secondary N) is 1. The molecular weight excluding hydrogens is 474 g/mol. The zero-order chi connectivity index (χ0) is 23.3. The number of rotatable bonds is 4. The molecule has 0 bridgehead atoms. The van der Waals surface area contributed by atoms with Crippen LogP contribution in [0.4, 0.5) is 29.1 Å². The standard InChI is InChI=1S/C19H12ClF4N5O2S/c20-14-4-1-10(19(22,23)24)7-16(14)32(30,31)28-11-2-3-12(15(21)8-11)13-9-26-17-5-6-27-29(17)18(13)25/h1-9,28H,25H2. The van der Waals surface area contributed by atoms with E-state index < -0.39 is 37.5 Å². The highest BCUT2D eigenvalue weighted by Gasteiger charge is 2.33. The third-order valence-electron chi connectivity index (χ3n) is 4.51. The summed E-state index contributed by atoms with van der Waals surface area (Å²) in [6.07, 6.45) is -1.96. The normalized spacial score (nSPS) is 12.3. The van der Waals surface area contributed by atoms with E-state index in [0.717, 1.165) is 12.1 Å². The minimum absolute atomic E-state index is 0.0208. The van der Waals surface area contributed by atoms with E-state index in [0.29, 0.717) is 17.8 Å². The van der Waals surface area contributed by atoms with Crippen molar-refractivity contribution in [1.82, 2.24) is 14.6 Å². The van der Waals surface area contributed by atoms with Crippen LogP contribution in [0, 0.1) is 5.82 Å². The third-order valence-corrected chi connectivity index (χ3v) is 6.38. The van der Waals surface area contributed by atoms with E-state index in [2.05, 4.69) is 10.1 Å². The van der Waals surface area contributed by atoms with Crippen LogP contribution in [0.2, 0.25) is 5.02 Å². The molecule has 0 aliphatic heterocycles. The summed E-state index contributed by atoms with van der Waals surface area (Å²) in [7, 11) is -4.55. The Bertz CT molecular complexity index is 1450. The minimum atomic E-state index is -4.77. The van der Waals surface area contributed by atoms with Crippen LogP contribution in [0.15, 0.2) is 59.8 Å². The van der Waals surface area contributed by atoms with Crippen LogP contribution >= 0.6 is 11.6 Å². The van der Waals surface area contributed by atoms with Gasteiger partial charge in [-0.2, -0.15) is 22.8 Å². The molecule has 0 spiro atoms. The zero-order valence-corrected chi connectivity index (χ0v) is 17.3. The van der Waals surface area contributed by atoms with Gasteiger partial charge < -0.3 is 5.73 Å². The lowest BCUT2D eigenvalue weighted by Crippen LogP contribution is -2.15. The number of hydrogen-bond donors (Lipinski definition) is 2. The summed E-state index contributed by atoms with van der Waals surface area (Å²) in [4.78, 5) is 3.32. The quantitative estimate of drug-likeness (QED) is 0.412. The Balaban J connectivity index is 1.69. The fourth-order valence-corrected chi connectivity index (χ4v) is 4.57. The largest absolute Gasteiger partial charge is 0.416 e. The summed E-state index contributed by atoms with van der Waals surface area (Å²) in [5.41, 5.74) is 5.29. The van der Waals surface area contributed by atoms with E-state index in [4.69, 9.17) is 17.3 Å². The molecule has 0 saturated heterocycles. The van der Waals surface area contributed by atoms with Crippen molar-refractivity contribution < 1.29 is 26.0 Å². The van der Waals surface area contributed by atoms with Crippen molar-refractivity contribution in [1.29, 1.82) is 0 Å². The van der Waals surface area contributed by atoms with Crippen LogP contribution < -0.4 is 10.5 Å². The van der Waals surface area contributed by atoms with Gasteiger partial charge in [-0.15, -0.1) is 0 Å². The summed E-state index contributed by atoms with van der Waals surface area (Å²) in [5.74, 6) is -0.733. The molecule has 0 fully saturated rings. The van der Waals surface area contributed by atoms with Crippen molar-refractivity contribution in [3.05, 3.63) is 71.3 Å². The maximum absolute atomic E-state index is 14.8. The van der Waals surface area contributed by atoms with Crippen LogP contribution in [0.3, 0.4) is 0 Å². The van der Waals surface area contributed by atoms with E-state index in [-0.39, 0.29) is 22.6 Å². The van der Waals surface area contributed by atoms with Crippen molar-refractivity contribution in [3.63, 3.8) is 0 Å². The van der Waals surface area contributed by atoms with Crippen molar-refractivity contribution in [2.24, 2.45) is 0 Å². The lowest BCUT2D eigenvalue weighted by Gasteiger charge is -2.14. The van der Waals surface area contributed by atoms with Gasteiger partial charge in [0.15, 0.2) is 5.65 Å². The molecule has 4 rings (SSSR count). The molecule has 0 atom stereocenters. The second-order valence-corrected chi connectivity index (χ2v) is 8.66. The Kier molecular flexibility index (Phi) is 5.21. The molecule has 2 aromatic carbocycles. The molecule has 7 nitrogen and oxygen atoms in total. The van der Waals surface area contributed by atoms with Crippen LogP contribution in [0.25, 0.3) is 16.8 Å². The van der Waals surface area contributed by atoms with E-state index in [1.807, 2.05) is 4.72 Å².